The average molecular weight is 1130 g/mol. The Hall–Kier alpha value is -5.95. The molecule has 0 aliphatic carbocycles. The summed E-state index contributed by atoms with van der Waals surface area (Å²) in [6, 6.07) is -13.9. The van der Waals surface area contributed by atoms with E-state index in [1.807, 2.05) is 0 Å². The summed E-state index contributed by atoms with van der Waals surface area (Å²) in [5.74, 6) is -12.6. The number of ether oxygens (including phenoxy) is 1. The van der Waals surface area contributed by atoms with Crippen LogP contribution in [-0.4, -0.2) is 160 Å². The molecule has 25 heteroatoms. The van der Waals surface area contributed by atoms with Gasteiger partial charge in [0.25, 0.3) is 0 Å². The Morgan fingerprint density at radius 1 is 0.595 bits per heavy atom. The van der Waals surface area contributed by atoms with Crippen molar-refractivity contribution < 1.29 is 72.8 Å². The topological polar surface area (TPSA) is 392 Å². The van der Waals surface area contributed by atoms with Gasteiger partial charge in [0.15, 0.2) is 0 Å². The van der Waals surface area contributed by atoms with Crippen LogP contribution in [0, 0.1) is 29.6 Å². The standard InChI is InChI=1S/C54H96N10O15/c1-13-15-16-17-18-19-34(67)25-42(69)56-36(22-28(3)4)47(71)57-35(20-21-41(55)68)46(70)64-45-33(12)79-54(78)44(32(11)14-2)63-51(75)40(27-66)61-48(72)37(23-29(5)6)58-50(74)39(26-65)60-49(73)38(24-30(7)8)59-52(76)43(31(9)10)62-53(45)77/h28-40,43-45,65-67H,13-27H2,1-12H3,(H2,55,68)(H,56,69)(H,57,71)(H,58,74)(H,59,76)(H,60,73)(H,61,72)(H,62,77)(H,63,75)(H,64,70)/t32-,33+,34+,35+,36-,37-,38-,39+,40+,43+,44-,45+/m0/s1. The van der Waals surface area contributed by atoms with Gasteiger partial charge in [-0.05, 0) is 68.6 Å². The minimum absolute atomic E-state index is 0.00447. The van der Waals surface area contributed by atoms with Crippen LogP contribution in [0.3, 0.4) is 0 Å². The van der Waals surface area contributed by atoms with Gasteiger partial charge in [-0.2, -0.15) is 0 Å². The van der Waals surface area contributed by atoms with Gasteiger partial charge in [0, 0.05) is 6.42 Å². The summed E-state index contributed by atoms with van der Waals surface area (Å²) in [4.78, 5) is 152. The number of aliphatic hydroxyl groups is 3. The quantitative estimate of drug-likeness (QED) is 0.0364. The molecule has 0 radical (unpaired) electrons. The first kappa shape index (κ1) is 71.1. The van der Waals surface area contributed by atoms with Crippen molar-refractivity contribution in [1.29, 1.82) is 0 Å². The van der Waals surface area contributed by atoms with E-state index in [0.717, 1.165) is 25.7 Å². The summed E-state index contributed by atoms with van der Waals surface area (Å²) < 4.78 is 5.84. The van der Waals surface area contributed by atoms with Gasteiger partial charge < -0.3 is 73.6 Å². The number of unbranched alkanes of at least 4 members (excludes halogenated alkanes) is 4. The molecule has 0 unspecified atom stereocenters. The number of nitrogens with one attached hydrogen (secondary N) is 9. The monoisotopic (exact) mass is 1120 g/mol. The van der Waals surface area contributed by atoms with Crippen molar-refractivity contribution in [3.05, 3.63) is 0 Å². The number of hydrogen-bond donors (Lipinski definition) is 13. The lowest BCUT2D eigenvalue weighted by atomic mass is 9.98. The number of aliphatic hydroxyl groups excluding tert-OH is 3. The minimum atomic E-state index is -1.92. The van der Waals surface area contributed by atoms with Crippen LogP contribution in [0.2, 0.25) is 0 Å². The lowest BCUT2D eigenvalue weighted by Gasteiger charge is -2.32. The highest BCUT2D eigenvalue weighted by molar-refractivity contribution is 5.99. The van der Waals surface area contributed by atoms with E-state index in [1.54, 1.807) is 69.2 Å². The fourth-order valence-corrected chi connectivity index (χ4v) is 8.63. The molecule has 14 N–H and O–H groups in total. The van der Waals surface area contributed by atoms with Crippen molar-refractivity contribution in [2.45, 2.75) is 233 Å². The predicted octanol–water partition coefficient (Wildman–Crippen LogP) is -0.503. The Balaban J connectivity index is 3.99. The molecule has 452 valence electrons. The number of carbonyl (C=O) groups is 11. The van der Waals surface area contributed by atoms with Crippen LogP contribution in [0.1, 0.15) is 167 Å². The third-order valence-electron chi connectivity index (χ3n) is 13.4. The number of primary amides is 1. The second-order valence-electron chi connectivity index (χ2n) is 22.5. The molecule has 0 aromatic heterocycles. The van der Waals surface area contributed by atoms with Crippen LogP contribution in [0.15, 0.2) is 0 Å². The van der Waals surface area contributed by atoms with Gasteiger partial charge >= 0.3 is 5.97 Å². The largest absolute Gasteiger partial charge is 0.458 e. The van der Waals surface area contributed by atoms with E-state index in [-0.39, 0.29) is 49.9 Å². The molecule has 0 aromatic rings. The maximum Gasteiger partial charge on any atom is 0.329 e. The Morgan fingerprint density at radius 2 is 1.09 bits per heavy atom. The molecular weight excluding hydrogens is 1030 g/mol. The van der Waals surface area contributed by atoms with Crippen molar-refractivity contribution in [2.24, 2.45) is 35.3 Å². The molecule has 1 heterocycles. The molecular formula is C54H96N10O15. The van der Waals surface area contributed by atoms with Gasteiger partial charge in [-0.25, -0.2) is 4.79 Å². The molecule has 10 amide bonds. The van der Waals surface area contributed by atoms with E-state index in [9.17, 15) is 68.1 Å². The predicted molar refractivity (Wildman–Crippen MR) is 292 cm³/mol. The van der Waals surface area contributed by atoms with Crippen LogP contribution < -0.4 is 53.6 Å². The normalized spacial score (nSPS) is 24.0. The van der Waals surface area contributed by atoms with Gasteiger partial charge in [-0.15, -0.1) is 0 Å². The van der Waals surface area contributed by atoms with Crippen molar-refractivity contribution in [1.82, 2.24) is 47.9 Å². The van der Waals surface area contributed by atoms with E-state index in [0.29, 0.717) is 12.8 Å². The first-order valence-electron chi connectivity index (χ1n) is 28.1. The maximum absolute atomic E-state index is 14.7. The van der Waals surface area contributed by atoms with Gasteiger partial charge in [0.1, 0.15) is 60.5 Å². The second kappa shape index (κ2) is 36.3. The summed E-state index contributed by atoms with van der Waals surface area (Å²) in [6.07, 6.45) is 1.55. The van der Waals surface area contributed by atoms with Crippen molar-refractivity contribution >= 4 is 65.0 Å². The Bertz CT molecular complexity index is 2020. The summed E-state index contributed by atoms with van der Waals surface area (Å²) in [7, 11) is 0. The van der Waals surface area contributed by atoms with E-state index in [4.69, 9.17) is 10.5 Å². The van der Waals surface area contributed by atoms with Crippen molar-refractivity contribution in [3.8, 4) is 0 Å². The van der Waals surface area contributed by atoms with Crippen LogP contribution in [0.25, 0.3) is 0 Å². The van der Waals surface area contributed by atoms with Crippen LogP contribution in [0.5, 0.6) is 0 Å². The van der Waals surface area contributed by atoms with E-state index < -0.39 is 170 Å². The third-order valence-corrected chi connectivity index (χ3v) is 13.4. The van der Waals surface area contributed by atoms with Crippen LogP contribution in [-0.2, 0) is 57.5 Å². The number of cyclic esters (lactones) is 1. The molecule has 0 aromatic carbocycles. The fraction of sp³-hybridized carbons (Fsp3) is 0.796. The lowest BCUT2D eigenvalue weighted by molar-refractivity contribution is -0.157. The molecule has 1 aliphatic rings. The van der Waals surface area contributed by atoms with E-state index >= 15 is 0 Å². The number of rotatable bonds is 27. The molecule has 0 saturated carbocycles. The molecule has 1 rings (SSSR count). The molecule has 1 saturated heterocycles. The zero-order valence-corrected chi connectivity index (χ0v) is 48.7. The zero-order valence-electron chi connectivity index (χ0n) is 48.7. The third kappa shape index (κ3) is 26.3. The smallest absolute Gasteiger partial charge is 0.329 e. The van der Waals surface area contributed by atoms with Gasteiger partial charge in [-0.3, -0.25) is 47.9 Å². The average Bonchev–Trinajstić information content (AvgIpc) is 3.36. The zero-order chi connectivity index (χ0) is 60.3. The van der Waals surface area contributed by atoms with Crippen molar-refractivity contribution in [2.75, 3.05) is 13.2 Å². The minimum Gasteiger partial charge on any atom is -0.458 e. The molecule has 25 nitrogen and oxygen atoms in total. The molecule has 0 spiro atoms. The molecule has 12 atom stereocenters. The van der Waals surface area contributed by atoms with Gasteiger partial charge in [0.2, 0.25) is 59.1 Å². The maximum atomic E-state index is 14.7. The molecule has 1 fully saturated rings. The highest BCUT2D eigenvalue weighted by Gasteiger charge is 2.40. The number of nitrogens with two attached hydrogens (primary N) is 1. The number of hydrogen-bond acceptors (Lipinski definition) is 15. The van der Waals surface area contributed by atoms with E-state index in [1.165, 1.54) is 6.92 Å². The van der Waals surface area contributed by atoms with Crippen LogP contribution in [0.4, 0.5) is 0 Å². The Kier molecular flexibility index (Phi) is 32.7. The fourth-order valence-electron chi connectivity index (χ4n) is 8.63. The SMILES string of the molecule is CCCCCCC[C@@H](O)CC(=O)N[C@@H](CC(C)C)C(=O)N[C@H](CCC(N)=O)C(=O)N[C@H]1C(=O)N[C@H](C(C)C)C(=O)N[C@@H](CC(C)C)C(=O)N[C@H](CO)C(=O)N[C@@H](CC(C)C)C(=O)N[C@H](CO)C(=O)N[C@@H]([C@@H](C)CC)C(=O)O[C@@H]1C. The number of carbonyl (C=O) groups excluding carboxylic acids is 11. The van der Waals surface area contributed by atoms with E-state index in [2.05, 4.69) is 54.8 Å². The van der Waals surface area contributed by atoms with Crippen molar-refractivity contribution in [3.63, 3.8) is 0 Å². The summed E-state index contributed by atoms with van der Waals surface area (Å²) >= 11 is 0. The van der Waals surface area contributed by atoms with Crippen LogP contribution >= 0.6 is 0 Å². The number of esters is 1. The second-order valence-corrected chi connectivity index (χ2v) is 22.5. The van der Waals surface area contributed by atoms with Gasteiger partial charge in [-0.1, -0.05) is 115 Å². The van der Waals surface area contributed by atoms with Gasteiger partial charge in [0.05, 0.1) is 25.7 Å². The molecule has 79 heavy (non-hydrogen) atoms. The first-order chi connectivity index (χ1) is 37.0. The summed E-state index contributed by atoms with van der Waals surface area (Å²) in [5, 5.41) is 54.0. The first-order valence-corrected chi connectivity index (χ1v) is 28.1. The molecule has 0 bridgehead atoms. The molecule has 1 aliphatic heterocycles. The summed E-state index contributed by atoms with van der Waals surface area (Å²) in [6.45, 7) is 18.3. The summed E-state index contributed by atoms with van der Waals surface area (Å²) in [5.41, 5.74) is 5.49. The highest BCUT2D eigenvalue weighted by Crippen LogP contribution is 2.17. The lowest BCUT2D eigenvalue weighted by Crippen LogP contribution is -2.64. The number of amides is 10. The highest BCUT2D eigenvalue weighted by atomic mass is 16.5. The Labute approximate surface area is 466 Å². The Morgan fingerprint density at radius 3 is 1.57 bits per heavy atom.